The summed E-state index contributed by atoms with van der Waals surface area (Å²) in [4.78, 5) is 16.4. The van der Waals surface area contributed by atoms with Crippen LogP contribution in [0, 0.1) is 5.82 Å². The van der Waals surface area contributed by atoms with E-state index in [0.717, 1.165) is 5.56 Å². The topological polar surface area (TPSA) is 62.8 Å². The van der Waals surface area contributed by atoms with Crippen LogP contribution in [0.4, 0.5) is 4.39 Å². The van der Waals surface area contributed by atoms with Crippen molar-refractivity contribution in [3.63, 3.8) is 0 Å². The normalized spacial score (nSPS) is 15.7. The van der Waals surface area contributed by atoms with E-state index in [-0.39, 0.29) is 35.9 Å². The SMILES string of the molecule is O=C1CCC(O)=C1C(=NCc1ccc(F)cc1)c1ccco1. The van der Waals surface area contributed by atoms with Gasteiger partial charge in [-0.15, -0.1) is 0 Å². The van der Waals surface area contributed by atoms with E-state index in [1.807, 2.05) is 0 Å². The first-order valence-electron chi connectivity index (χ1n) is 6.93. The van der Waals surface area contributed by atoms with E-state index in [1.54, 1.807) is 24.3 Å². The van der Waals surface area contributed by atoms with E-state index in [4.69, 9.17) is 4.42 Å². The van der Waals surface area contributed by atoms with E-state index >= 15 is 0 Å². The van der Waals surface area contributed by atoms with Gasteiger partial charge < -0.3 is 9.52 Å². The molecule has 0 atom stereocenters. The number of rotatable bonds is 4. The summed E-state index contributed by atoms with van der Waals surface area (Å²) in [6, 6.07) is 9.35. The number of carbonyl (C=O) groups excluding carboxylic acids is 1. The Hall–Kier alpha value is -2.69. The Morgan fingerprint density at radius 2 is 2.00 bits per heavy atom. The van der Waals surface area contributed by atoms with Crippen LogP contribution in [0.15, 0.2) is 63.4 Å². The van der Waals surface area contributed by atoms with Gasteiger partial charge in [-0.1, -0.05) is 12.1 Å². The molecule has 0 fully saturated rings. The van der Waals surface area contributed by atoms with Crippen molar-refractivity contribution in [2.45, 2.75) is 19.4 Å². The molecule has 0 aliphatic heterocycles. The van der Waals surface area contributed by atoms with Gasteiger partial charge in [-0.3, -0.25) is 9.79 Å². The molecule has 22 heavy (non-hydrogen) atoms. The molecular formula is C17H14FNO3. The first-order chi connectivity index (χ1) is 10.6. The van der Waals surface area contributed by atoms with Crippen molar-refractivity contribution in [1.29, 1.82) is 0 Å². The number of halogens is 1. The van der Waals surface area contributed by atoms with Crippen molar-refractivity contribution < 1.29 is 18.7 Å². The summed E-state index contributed by atoms with van der Waals surface area (Å²) in [5.41, 5.74) is 1.36. The standard InChI is InChI=1S/C17H14FNO3/c18-12-5-3-11(4-6-12)10-19-17(15-2-1-9-22-15)16-13(20)7-8-14(16)21/h1-6,9,20H,7-8,10H2. The minimum absolute atomic E-state index is 0.0410. The Morgan fingerprint density at radius 3 is 2.59 bits per heavy atom. The van der Waals surface area contributed by atoms with E-state index in [9.17, 15) is 14.3 Å². The molecule has 1 aromatic heterocycles. The highest BCUT2D eigenvalue weighted by Crippen LogP contribution is 2.25. The number of ketones is 1. The van der Waals surface area contributed by atoms with Gasteiger partial charge in [0, 0.05) is 12.8 Å². The Kier molecular flexibility index (Phi) is 3.87. The molecule has 4 nitrogen and oxygen atoms in total. The van der Waals surface area contributed by atoms with Gasteiger partial charge in [0.25, 0.3) is 0 Å². The summed E-state index contributed by atoms with van der Waals surface area (Å²) < 4.78 is 18.2. The lowest BCUT2D eigenvalue weighted by atomic mass is 10.1. The summed E-state index contributed by atoms with van der Waals surface area (Å²) in [6.07, 6.45) is 2.08. The maximum absolute atomic E-state index is 12.9. The maximum Gasteiger partial charge on any atom is 0.169 e. The molecule has 3 rings (SSSR count). The van der Waals surface area contributed by atoms with Gasteiger partial charge in [-0.25, -0.2) is 4.39 Å². The fourth-order valence-electron chi connectivity index (χ4n) is 2.37. The van der Waals surface area contributed by atoms with Gasteiger partial charge in [0.05, 0.1) is 18.4 Å². The van der Waals surface area contributed by atoms with Crippen molar-refractivity contribution in [1.82, 2.24) is 0 Å². The molecule has 0 bridgehead atoms. The molecule has 1 aliphatic rings. The number of Topliss-reactive ketones (excluding diaryl/α,β-unsaturated/α-hetero) is 1. The number of nitrogens with zero attached hydrogens (tertiary/aromatic N) is 1. The quantitative estimate of drug-likeness (QED) is 0.878. The fourth-order valence-corrected chi connectivity index (χ4v) is 2.37. The van der Waals surface area contributed by atoms with Crippen molar-refractivity contribution >= 4 is 11.5 Å². The van der Waals surface area contributed by atoms with Crippen molar-refractivity contribution in [2.24, 2.45) is 4.99 Å². The molecule has 1 aromatic carbocycles. The van der Waals surface area contributed by atoms with Crippen LogP contribution in [-0.2, 0) is 11.3 Å². The van der Waals surface area contributed by atoms with Crippen LogP contribution in [0.5, 0.6) is 0 Å². The molecular weight excluding hydrogens is 285 g/mol. The smallest absolute Gasteiger partial charge is 0.169 e. The third kappa shape index (κ3) is 2.83. The molecule has 5 heteroatoms. The third-order valence-corrected chi connectivity index (χ3v) is 3.48. The molecule has 1 heterocycles. The third-order valence-electron chi connectivity index (χ3n) is 3.48. The van der Waals surface area contributed by atoms with Gasteiger partial charge in [0.15, 0.2) is 11.5 Å². The summed E-state index contributed by atoms with van der Waals surface area (Å²) in [7, 11) is 0. The predicted octanol–water partition coefficient (Wildman–Crippen LogP) is 3.58. The zero-order valence-electron chi connectivity index (χ0n) is 11.8. The molecule has 0 radical (unpaired) electrons. The van der Waals surface area contributed by atoms with Crippen LogP contribution in [0.3, 0.4) is 0 Å². The van der Waals surface area contributed by atoms with Gasteiger partial charge >= 0.3 is 0 Å². The second kappa shape index (κ2) is 5.97. The Balaban J connectivity index is 1.96. The van der Waals surface area contributed by atoms with E-state index < -0.39 is 0 Å². The predicted molar refractivity (Wildman–Crippen MR) is 79.2 cm³/mol. The van der Waals surface area contributed by atoms with Gasteiger partial charge in [-0.2, -0.15) is 0 Å². The summed E-state index contributed by atoms with van der Waals surface area (Å²) in [6.45, 7) is 0.264. The van der Waals surface area contributed by atoms with E-state index in [2.05, 4.69) is 4.99 Å². The summed E-state index contributed by atoms with van der Waals surface area (Å²) in [5.74, 6) is 0.00948. The zero-order valence-corrected chi connectivity index (χ0v) is 11.8. The van der Waals surface area contributed by atoms with Crippen LogP contribution >= 0.6 is 0 Å². The molecule has 0 spiro atoms. The average molecular weight is 299 g/mol. The lowest BCUT2D eigenvalue weighted by Crippen LogP contribution is -2.12. The lowest BCUT2D eigenvalue weighted by Gasteiger charge is -2.05. The first kappa shape index (κ1) is 14.3. The number of aliphatic hydroxyl groups is 1. The minimum Gasteiger partial charge on any atom is -0.511 e. The number of aliphatic imine (C=N–C) groups is 1. The minimum atomic E-state index is -0.315. The van der Waals surface area contributed by atoms with Crippen molar-refractivity contribution in [3.8, 4) is 0 Å². The highest BCUT2D eigenvalue weighted by molar-refractivity contribution is 6.29. The maximum atomic E-state index is 12.9. The van der Waals surface area contributed by atoms with Crippen LogP contribution in [0.1, 0.15) is 24.2 Å². The molecule has 0 amide bonds. The van der Waals surface area contributed by atoms with Crippen LogP contribution in [0.2, 0.25) is 0 Å². The molecule has 0 saturated heterocycles. The first-order valence-corrected chi connectivity index (χ1v) is 6.93. The fraction of sp³-hybridized carbons (Fsp3) is 0.176. The van der Waals surface area contributed by atoms with Gasteiger partial charge in [-0.05, 0) is 29.8 Å². The number of aliphatic hydroxyl groups excluding tert-OH is 1. The van der Waals surface area contributed by atoms with Crippen molar-refractivity contribution in [2.75, 3.05) is 0 Å². The molecule has 112 valence electrons. The Morgan fingerprint density at radius 1 is 1.23 bits per heavy atom. The lowest BCUT2D eigenvalue weighted by molar-refractivity contribution is -0.114. The van der Waals surface area contributed by atoms with Crippen LogP contribution in [-0.4, -0.2) is 16.6 Å². The van der Waals surface area contributed by atoms with Crippen molar-refractivity contribution in [3.05, 3.63) is 71.1 Å². The molecule has 0 saturated carbocycles. The number of furan rings is 1. The molecule has 2 aromatic rings. The number of benzene rings is 1. The second-order valence-corrected chi connectivity index (χ2v) is 5.01. The highest BCUT2D eigenvalue weighted by atomic mass is 19.1. The van der Waals surface area contributed by atoms with E-state index in [1.165, 1.54) is 18.4 Å². The number of allylic oxidation sites excluding steroid dienone is 2. The summed E-state index contributed by atoms with van der Waals surface area (Å²) >= 11 is 0. The Labute approximate surface area is 126 Å². The number of carbonyl (C=O) groups is 1. The van der Waals surface area contributed by atoms with Crippen LogP contribution in [0.25, 0.3) is 0 Å². The summed E-state index contributed by atoms with van der Waals surface area (Å²) in [5, 5.41) is 9.95. The van der Waals surface area contributed by atoms with Gasteiger partial charge in [0.2, 0.25) is 0 Å². The number of hydrogen-bond donors (Lipinski definition) is 1. The van der Waals surface area contributed by atoms with Gasteiger partial charge in [0.1, 0.15) is 17.3 Å². The zero-order chi connectivity index (χ0) is 15.5. The molecule has 1 aliphatic carbocycles. The van der Waals surface area contributed by atoms with Crippen LogP contribution < -0.4 is 0 Å². The number of hydrogen-bond acceptors (Lipinski definition) is 4. The average Bonchev–Trinajstić information content (AvgIpc) is 3.14. The Bertz CT molecular complexity index is 743. The highest BCUT2D eigenvalue weighted by Gasteiger charge is 2.29. The van der Waals surface area contributed by atoms with E-state index in [0.29, 0.717) is 17.9 Å². The second-order valence-electron chi connectivity index (χ2n) is 5.01. The monoisotopic (exact) mass is 299 g/mol. The molecule has 0 unspecified atom stereocenters. The largest absolute Gasteiger partial charge is 0.511 e. The molecule has 1 N–H and O–H groups in total.